The largest absolute Gasteiger partial charge is 0.457 e. The summed E-state index contributed by atoms with van der Waals surface area (Å²) >= 11 is 5.49. The van der Waals surface area contributed by atoms with Gasteiger partial charge in [0, 0.05) is 12.0 Å². The van der Waals surface area contributed by atoms with E-state index in [1.807, 2.05) is 0 Å². The normalized spacial score (nSPS) is 27.4. The van der Waals surface area contributed by atoms with E-state index in [1.165, 1.54) is 9.36 Å². The molecule has 9 nitrogen and oxygen atoms in total. The van der Waals surface area contributed by atoms with Gasteiger partial charge >= 0.3 is 5.97 Å². The van der Waals surface area contributed by atoms with Gasteiger partial charge in [-0.25, -0.2) is 9.48 Å². The van der Waals surface area contributed by atoms with Gasteiger partial charge in [0.15, 0.2) is 5.78 Å². The minimum atomic E-state index is -0.764. The molecule has 1 aromatic heterocycles. The van der Waals surface area contributed by atoms with Crippen molar-refractivity contribution in [2.24, 2.45) is 0 Å². The van der Waals surface area contributed by atoms with E-state index in [1.54, 1.807) is 18.2 Å². The average Bonchev–Trinajstić information content (AvgIpc) is 3.30. The molecule has 4 heterocycles. The lowest BCUT2D eigenvalue weighted by atomic mass is 10.0. The molecule has 0 saturated carbocycles. The molecule has 0 amide bonds. The number of nitrogens with zero attached hydrogens (tertiary/aromatic N) is 4. The van der Waals surface area contributed by atoms with Gasteiger partial charge in [-0.15, -0.1) is 0 Å². The lowest BCUT2D eigenvalue weighted by Crippen LogP contribution is -2.37. The number of aromatic nitrogens is 4. The molecule has 0 spiro atoms. The minimum Gasteiger partial charge on any atom is -0.457 e. The first-order chi connectivity index (χ1) is 12.1. The van der Waals surface area contributed by atoms with Crippen LogP contribution < -0.4 is 0 Å². The summed E-state index contributed by atoms with van der Waals surface area (Å²) in [6, 6.07) is 4.87. The Labute approximate surface area is 146 Å². The van der Waals surface area contributed by atoms with Crippen LogP contribution in [0.5, 0.6) is 0 Å². The summed E-state index contributed by atoms with van der Waals surface area (Å²) in [5.74, 6) is -0.453. The third-order valence-corrected chi connectivity index (χ3v) is 5.00. The maximum Gasteiger partial charge on any atom is 0.338 e. The van der Waals surface area contributed by atoms with E-state index >= 15 is 0 Å². The highest BCUT2D eigenvalue weighted by atomic mass is 32.1. The van der Waals surface area contributed by atoms with Crippen LogP contribution in [0.25, 0.3) is 5.69 Å². The zero-order valence-electron chi connectivity index (χ0n) is 12.8. The Kier molecular flexibility index (Phi) is 3.14. The number of hydrogen-bond acceptors (Lipinski definition) is 8. The number of rotatable bonds is 2. The van der Waals surface area contributed by atoms with Crippen molar-refractivity contribution in [1.29, 1.82) is 0 Å². The number of tetrazole rings is 1. The van der Waals surface area contributed by atoms with Crippen LogP contribution >= 0.6 is 12.2 Å². The van der Waals surface area contributed by atoms with E-state index in [-0.39, 0.29) is 36.9 Å². The molecule has 3 aliphatic heterocycles. The van der Waals surface area contributed by atoms with Crippen LogP contribution in [0.3, 0.4) is 0 Å². The maximum absolute atomic E-state index is 12.0. The van der Waals surface area contributed by atoms with Crippen molar-refractivity contribution in [2.75, 3.05) is 6.61 Å². The Morgan fingerprint density at radius 3 is 3.00 bits per heavy atom. The predicted molar refractivity (Wildman–Crippen MR) is 82.6 cm³/mol. The van der Waals surface area contributed by atoms with E-state index in [9.17, 15) is 9.59 Å². The Morgan fingerprint density at radius 2 is 2.12 bits per heavy atom. The van der Waals surface area contributed by atoms with E-state index < -0.39 is 6.29 Å². The van der Waals surface area contributed by atoms with Crippen LogP contribution in [-0.2, 0) is 25.6 Å². The van der Waals surface area contributed by atoms with Gasteiger partial charge in [-0.3, -0.25) is 4.79 Å². The van der Waals surface area contributed by atoms with Crippen LogP contribution in [0.4, 0.5) is 0 Å². The molecule has 0 N–H and O–H groups in total. The number of esters is 1. The zero-order valence-corrected chi connectivity index (χ0v) is 13.6. The summed E-state index contributed by atoms with van der Waals surface area (Å²) in [4.78, 5) is 23.5. The van der Waals surface area contributed by atoms with Gasteiger partial charge in [0.2, 0.25) is 11.1 Å². The molecule has 25 heavy (non-hydrogen) atoms. The summed E-state index contributed by atoms with van der Waals surface area (Å²) in [6.45, 7) is 0.559. The topological polar surface area (TPSA) is 97.5 Å². The SMILES string of the molecule is O=C1OCc2cc(-n3nnn([C@@H]4CC(=O)[C@H]5OC[C@@H]4O5)c3=S)ccc21. The molecule has 0 aliphatic carbocycles. The number of benzene rings is 1. The Hall–Kier alpha value is -2.43. The van der Waals surface area contributed by atoms with E-state index in [0.29, 0.717) is 22.6 Å². The van der Waals surface area contributed by atoms with Gasteiger partial charge in [-0.2, -0.15) is 4.68 Å². The molecule has 1 aromatic carbocycles. The van der Waals surface area contributed by atoms with Gasteiger partial charge in [-0.1, -0.05) is 0 Å². The van der Waals surface area contributed by atoms with Crippen molar-refractivity contribution in [3.8, 4) is 5.69 Å². The molecule has 2 bridgehead atoms. The molecule has 10 heteroatoms. The van der Waals surface area contributed by atoms with Crippen LogP contribution in [0.2, 0.25) is 0 Å². The molecule has 5 rings (SSSR count). The lowest BCUT2D eigenvalue weighted by Gasteiger charge is -2.25. The second-order valence-corrected chi connectivity index (χ2v) is 6.48. The standard InChI is InChI=1S/C15H12N4O5S/c20-11-4-10(12-6-23-14(11)24-12)19-15(25)18(16-17-19)8-1-2-9-7(3-8)5-22-13(9)21/h1-3,10,12,14H,4-6H2/t10-,12+,14+/m1/s1. The number of ketones is 1. The quantitative estimate of drug-likeness (QED) is 0.571. The fourth-order valence-corrected chi connectivity index (χ4v) is 3.66. The molecule has 3 atom stereocenters. The summed E-state index contributed by atoms with van der Waals surface area (Å²) in [5, 5.41) is 8.22. The van der Waals surface area contributed by atoms with E-state index in [0.717, 1.165) is 5.56 Å². The molecule has 128 valence electrons. The maximum atomic E-state index is 12.0. The molecule has 2 aromatic rings. The first kappa shape index (κ1) is 14.9. The van der Waals surface area contributed by atoms with Gasteiger partial charge in [0.1, 0.15) is 12.7 Å². The Balaban J connectivity index is 1.52. The van der Waals surface area contributed by atoms with Crippen molar-refractivity contribution >= 4 is 24.0 Å². The highest BCUT2D eigenvalue weighted by Gasteiger charge is 2.45. The molecule has 2 saturated heterocycles. The number of carbonyl (C=O) groups is 2. The molecule has 0 radical (unpaired) electrons. The molecular weight excluding hydrogens is 348 g/mol. The summed E-state index contributed by atoms with van der Waals surface area (Å²) in [6.07, 6.45) is -0.792. The van der Waals surface area contributed by atoms with Gasteiger partial charge < -0.3 is 14.2 Å². The Bertz CT molecular complexity index is 967. The van der Waals surface area contributed by atoms with Crippen molar-refractivity contribution in [3.05, 3.63) is 34.1 Å². The number of Topliss-reactive ketones (excluding diaryl/α,β-unsaturated/α-hetero) is 1. The summed E-state index contributed by atoms with van der Waals surface area (Å²) < 4.78 is 19.2. The van der Waals surface area contributed by atoms with Crippen LogP contribution in [0.1, 0.15) is 28.4 Å². The van der Waals surface area contributed by atoms with Crippen molar-refractivity contribution in [2.45, 2.75) is 31.5 Å². The predicted octanol–water partition coefficient (Wildman–Crippen LogP) is 0.724. The number of fused-ring (bicyclic) bond motifs is 3. The van der Waals surface area contributed by atoms with E-state index in [2.05, 4.69) is 10.4 Å². The summed E-state index contributed by atoms with van der Waals surface area (Å²) in [5.41, 5.74) is 2.00. The average molecular weight is 360 g/mol. The van der Waals surface area contributed by atoms with Crippen LogP contribution in [-0.4, -0.2) is 50.5 Å². The summed E-state index contributed by atoms with van der Waals surface area (Å²) in [7, 11) is 0. The first-order valence-corrected chi connectivity index (χ1v) is 8.17. The molecule has 3 aliphatic rings. The van der Waals surface area contributed by atoms with Crippen molar-refractivity contribution < 1.29 is 23.8 Å². The fourth-order valence-electron chi connectivity index (χ4n) is 3.35. The first-order valence-electron chi connectivity index (χ1n) is 7.76. The highest BCUT2D eigenvalue weighted by molar-refractivity contribution is 7.71. The third kappa shape index (κ3) is 2.18. The third-order valence-electron chi connectivity index (χ3n) is 4.64. The Morgan fingerprint density at radius 1 is 1.24 bits per heavy atom. The molecular formula is C15H12N4O5S. The minimum absolute atomic E-state index is 0.122. The van der Waals surface area contributed by atoms with Crippen molar-refractivity contribution in [1.82, 2.24) is 19.8 Å². The molecule has 0 unspecified atom stereocenters. The van der Waals surface area contributed by atoms with E-state index in [4.69, 9.17) is 26.4 Å². The second kappa shape index (κ2) is 5.28. The number of ether oxygens (including phenoxy) is 3. The zero-order chi connectivity index (χ0) is 17.1. The fraction of sp³-hybridized carbons (Fsp3) is 0.400. The monoisotopic (exact) mass is 360 g/mol. The second-order valence-electron chi connectivity index (χ2n) is 6.11. The highest BCUT2D eigenvalue weighted by Crippen LogP contribution is 2.32. The smallest absolute Gasteiger partial charge is 0.338 e. The van der Waals surface area contributed by atoms with Gasteiger partial charge in [0.25, 0.3) is 0 Å². The van der Waals surface area contributed by atoms with Crippen molar-refractivity contribution in [3.63, 3.8) is 0 Å². The lowest BCUT2D eigenvalue weighted by molar-refractivity contribution is -0.156. The van der Waals surface area contributed by atoms with Gasteiger partial charge in [-0.05, 0) is 40.8 Å². The number of carbonyl (C=O) groups excluding carboxylic acids is 2. The number of cyclic esters (lactones) is 1. The van der Waals surface area contributed by atoms with Crippen LogP contribution in [0, 0.1) is 4.77 Å². The van der Waals surface area contributed by atoms with Gasteiger partial charge in [0.05, 0.1) is 23.9 Å². The number of hydrogen-bond donors (Lipinski definition) is 0. The molecule has 2 fully saturated rings. The van der Waals surface area contributed by atoms with Crippen LogP contribution in [0.15, 0.2) is 18.2 Å².